The van der Waals surface area contributed by atoms with Gasteiger partial charge in [0.15, 0.2) is 5.58 Å². The van der Waals surface area contributed by atoms with Crippen LogP contribution in [0.1, 0.15) is 28.8 Å². The molecule has 3 heterocycles. The number of carbonyl (C=O) groups excluding carboxylic acids is 1. The van der Waals surface area contributed by atoms with Crippen LogP contribution in [0.25, 0.3) is 33.6 Å². The molecule has 1 amide bonds. The minimum absolute atomic E-state index is 0.0397. The summed E-state index contributed by atoms with van der Waals surface area (Å²) in [7, 11) is 1.52. The molecule has 0 saturated carbocycles. The molecule has 0 spiro atoms. The molecule has 0 unspecified atom stereocenters. The Kier molecular flexibility index (Phi) is 6.08. The van der Waals surface area contributed by atoms with Crippen molar-refractivity contribution in [2.45, 2.75) is 18.9 Å². The van der Waals surface area contributed by atoms with Crippen molar-refractivity contribution in [1.29, 1.82) is 5.26 Å². The number of pyridine rings is 1. The van der Waals surface area contributed by atoms with Crippen LogP contribution in [0, 0.1) is 11.3 Å². The summed E-state index contributed by atoms with van der Waals surface area (Å²) in [6.07, 6.45) is 3.34. The number of ether oxygens (including phenoxy) is 3. The number of rotatable bonds is 6. The van der Waals surface area contributed by atoms with Crippen molar-refractivity contribution >= 4 is 17.0 Å². The van der Waals surface area contributed by atoms with E-state index in [2.05, 4.69) is 11.1 Å². The van der Waals surface area contributed by atoms with E-state index in [4.69, 9.17) is 24.4 Å². The first kappa shape index (κ1) is 22.4. The molecule has 0 radical (unpaired) electrons. The summed E-state index contributed by atoms with van der Waals surface area (Å²) in [6.45, 7) is 1.33. The number of methoxy groups -OCH3 is 1. The first-order valence-electron chi connectivity index (χ1n) is 11.2. The molecule has 8 nitrogen and oxygen atoms in total. The van der Waals surface area contributed by atoms with Crippen LogP contribution >= 0.6 is 0 Å². The van der Waals surface area contributed by atoms with Crippen molar-refractivity contribution in [3.8, 4) is 40.0 Å². The van der Waals surface area contributed by atoms with E-state index in [0.717, 1.165) is 24.0 Å². The number of hydrogen-bond acceptors (Lipinski definition) is 7. The fourth-order valence-electron chi connectivity index (χ4n) is 4.21. The van der Waals surface area contributed by atoms with Crippen LogP contribution in [-0.2, 0) is 4.74 Å². The van der Waals surface area contributed by atoms with Gasteiger partial charge in [-0.2, -0.15) is 5.26 Å². The van der Waals surface area contributed by atoms with Crippen LogP contribution in [0.2, 0.25) is 0 Å². The van der Waals surface area contributed by atoms with Gasteiger partial charge in [-0.15, -0.1) is 0 Å². The lowest BCUT2D eigenvalue weighted by atomic mass is 10.0. The molecule has 4 aromatic rings. The number of hydrogen-bond donors (Lipinski definition) is 1. The number of nitrogens with two attached hydrogens (primary N) is 1. The maximum atomic E-state index is 11.5. The minimum Gasteiger partial charge on any atom is -0.496 e. The molecule has 8 heteroatoms. The number of carbonyl (C=O) groups is 1. The van der Waals surface area contributed by atoms with Crippen LogP contribution in [0.15, 0.2) is 59.1 Å². The van der Waals surface area contributed by atoms with E-state index in [1.807, 2.05) is 24.3 Å². The Morgan fingerprint density at radius 1 is 1.09 bits per heavy atom. The number of primary amides is 1. The maximum Gasteiger partial charge on any atom is 0.248 e. The highest BCUT2D eigenvalue weighted by molar-refractivity contribution is 5.95. The second-order valence-electron chi connectivity index (χ2n) is 8.22. The number of aromatic nitrogens is 1. The van der Waals surface area contributed by atoms with E-state index in [1.54, 1.807) is 30.5 Å². The molecule has 2 N–H and O–H groups in total. The summed E-state index contributed by atoms with van der Waals surface area (Å²) in [5.74, 6) is 1.02. The van der Waals surface area contributed by atoms with E-state index in [-0.39, 0.29) is 6.10 Å². The van der Waals surface area contributed by atoms with Crippen molar-refractivity contribution in [3.63, 3.8) is 0 Å². The van der Waals surface area contributed by atoms with Gasteiger partial charge in [0, 0.05) is 36.2 Å². The second-order valence-corrected chi connectivity index (χ2v) is 8.22. The Labute approximate surface area is 201 Å². The lowest BCUT2D eigenvalue weighted by Crippen LogP contribution is -2.26. The van der Waals surface area contributed by atoms with Gasteiger partial charge in [-0.1, -0.05) is 6.07 Å². The van der Waals surface area contributed by atoms with E-state index in [9.17, 15) is 10.1 Å². The zero-order chi connectivity index (χ0) is 24.4. The van der Waals surface area contributed by atoms with Crippen molar-refractivity contribution < 1.29 is 23.4 Å². The van der Waals surface area contributed by atoms with E-state index < -0.39 is 5.91 Å². The number of furan rings is 1. The van der Waals surface area contributed by atoms with Crippen LogP contribution in [0.4, 0.5) is 0 Å². The monoisotopic (exact) mass is 469 g/mol. The number of benzene rings is 2. The summed E-state index contributed by atoms with van der Waals surface area (Å²) in [5.41, 5.74) is 9.68. The van der Waals surface area contributed by atoms with Gasteiger partial charge in [-0.3, -0.25) is 9.78 Å². The number of nitrogens with zero attached hydrogens (tertiary/aromatic N) is 2. The van der Waals surface area contributed by atoms with Gasteiger partial charge in [-0.05, 0) is 42.0 Å². The highest BCUT2D eigenvalue weighted by Gasteiger charge is 2.19. The molecule has 35 heavy (non-hydrogen) atoms. The third-order valence-electron chi connectivity index (χ3n) is 6.04. The summed E-state index contributed by atoms with van der Waals surface area (Å²) in [6, 6.07) is 16.4. The molecule has 0 aliphatic carbocycles. The molecule has 1 aliphatic heterocycles. The summed E-state index contributed by atoms with van der Waals surface area (Å²) >= 11 is 0. The number of amides is 1. The summed E-state index contributed by atoms with van der Waals surface area (Å²) < 4.78 is 23.2. The molecule has 1 saturated heterocycles. The predicted octanol–water partition coefficient (Wildman–Crippen LogP) is 4.70. The van der Waals surface area contributed by atoms with Crippen LogP contribution in [-0.4, -0.2) is 37.3 Å². The molecule has 5 rings (SSSR count). The zero-order valence-electron chi connectivity index (χ0n) is 19.1. The van der Waals surface area contributed by atoms with Gasteiger partial charge in [0.1, 0.15) is 34.9 Å². The molecule has 1 aliphatic rings. The van der Waals surface area contributed by atoms with Crippen molar-refractivity contribution in [2.75, 3.05) is 20.3 Å². The van der Waals surface area contributed by atoms with Crippen molar-refractivity contribution in [3.05, 3.63) is 65.9 Å². The van der Waals surface area contributed by atoms with Crippen LogP contribution in [0.3, 0.4) is 0 Å². The van der Waals surface area contributed by atoms with Crippen molar-refractivity contribution in [1.82, 2.24) is 4.98 Å². The van der Waals surface area contributed by atoms with E-state index >= 15 is 0 Å². The second kappa shape index (κ2) is 9.49. The predicted molar refractivity (Wildman–Crippen MR) is 129 cm³/mol. The average molecular weight is 469 g/mol. The Morgan fingerprint density at radius 3 is 2.66 bits per heavy atom. The minimum atomic E-state index is -0.541. The standard InChI is InChI=1S/C27H23N3O5/c1-32-24-13-17(27(29)31)2-4-21(24)25-14-22-26(35-25)20(6-9-30-22)16-3-5-23(18(12-16)15-28)34-19-7-10-33-11-8-19/h2-6,9,12-14,19H,7-8,10-11H2,1H3,(H2,29,31). The molecule has 0 atom stereocenters. The van der Waals surface area contributed by atoms with Gasteiger partial charge in [0.25, 0.3) is 0 Å². The van der Waals surface area contributed by atoms with Gasteiger partial charge in [0.05, 0.1) is 31.5 Å². The first-order chi connectivity index (χ1) is 17.1. The number of fused-ring (bicyclic) bond motifs is 1. The van der Waals surface area contributed by atoms with E-state index in [1.165, 1.54) is 7.11 Å². The van der Waals surface area contributed by atoms with Gasteiger partial charge in [0.2, 0.25) is 5.91 Å². The van der Waals surface area contributed by atoms with Crippen LogP contribution < -0.4 is 15.2 Å². The average Bonchev–Trinajstić information content (AvgIpc) is 3.33. The van der Waals surface area contributed by atoms with E-state index in [0.29, 0.717) is 58.3 Å². The summed E-state index contributed by atoms with van der Waals surface area (Å²) in [5, 5.41) is 9.77. The molecule has 0 bridgehead atoms. The third-order valence-corrected chi connectivity index (χ3v) is 6.04. The molecular formula is C27H23N3O5. The fourth-order valence-corrected chi connectivity index (χ4v) is 4.21. The fraction of sp³-hybridized carbons (Fsp3) is 0.222. The Morgan fingerprint density at radius 2 is 1.91 bits per heavy atom. The smallest absolute Gasteiger partial charge is 0.248 e. The molecule has 2 aromatic carbocycles. The highest BCUT2D eigenvalue weighted by Crippen LogP contribution is 2.38. The highest BCUT2D eigenvalue weighted by atomic mass is 16.5. The Bertz CT molecular complexity index is 1450. The molecular weight excluding hydrogens is 446 g/mol. The maximum absolute atomic E-state index is 11.5. The lowest BCUT2D eigenvalue weighted by Gasteiger charge is -2.23. The quantitative estimate of drug-likeness (QED) is 0.434. The van der Waals surface area contributed by atoms with Gasteiger partial charge < -0.3 is 24.4 Å². The van der Waals surface area contributed by atoms with Gasteiger partial charge in [-0.25, -0.2) is 0 Å². The number of nitriles is 1. The van der Waals surface area contributed by atoms with Crippen LogP contribution in [0.5, 0.6) is 11.5 Å². The summed E-state index contributed by atoms with van der Waals surface area (Å²) in [4.78, 5) is 16.0. The van der Waals surface area contributed by atoms with Crippen molar-refractivity contribution in [2.24, 2.45) is 5.73 Å². The largest absolute Gasteiger partial charge is 0.496 e. The third kappa shape index (κ3) is 4.42. The Balaban J connectivity index is 1.53. The molecule has 176 valence electrons. The molecule has 1 fully saturated rings. The SMILES string of the molecule is COc1cc(C(N)=O)ccc1-c1cc2nccc(-c3ccc(OC4CCOCC4)c(C#N)c3)c2o1. The zero-order valence-corrected chi connectivity index (χ0v) is 19.1. The first-order valence-corrected chi connectivity index (χ1v) is 11.2. The lowest BCUT2D eigenvalue weighted by molar-refractivity contribution is 0.0254. The molecule has 2 aromatic heterocycles. The van der Waals surface area contributed by atoms with Gasteiger partial charge >= 0.3 is 0 Å². The topological polar surface area (TPSA) is 121 Å². The normalized spacial score (nSPS) is 13.9. The Hall–Kier alpha value is -4.35.